The summed E-state index contributed by atoms with van der Waals surface area (Å²) >= 11 is 0. The van der Waals surface area contributed by atoms with Crippen LogP contribution in [0.15, 0.2) is 85.1 Å². The van der Waals surface area contributed by atoms with Crippen molar-refractivity contribution in [3.63, 3.8) is 0 Å². The van der Waals surface area contributed by atoms with Gasteiger partial charge in [0.2, 0.25) is 0 Å². The minimum absolute atomic E-state index is 0.0634. The summed E-state index contributed by atoms with van der Waals surface area (Å²) in [5, 5.41) is 0. The smallest absolute Gasteiger partial charge is 0.306 e. The molecule has 0 N–H and O–H groups in total. The molecule has 0 spiro atoms. The zero-order chi connectivity index (χ0) is 40.7. The second kappa shape index (κ2) is 46.5. The van der Waals surface area contributed by atoms with Crippen LogP contribution in [-0.4, -0.2) is 37.9 Å². The number of hydrogen-bond acceptors (Lipinski definition) is 5. The predicted molar refractivity (Wildman–Crippen MR) is 242 cm³/mol. The highest BCUT2D eigenvalue weighted by atomic mass is 16.6. The van der Waals surface area contributed by atoms with Crippen LogP contribution in [0.5, 0.6) is 0 Å². The molecule has 0 aliphatic heterocycles. The number of carbonyl (C=O) groups excluding carboxylic acids is 2. The third-order valence-corrected chi connectivity index (χ3v) is 9.42. The molecule has 5 nitrogen and oxygen atoms in total. The van der Waals surface area contributed by atoms with E-state index in [0.717, 1.165) is 103 Å². The van der Waals surface area contributed by atoms with Crippen molar-refractivity contribution in [2.75, 3.05) is 19.8 Å². The molecule has 320 valence electrons. The van der Waals surface area contributed by atoms with E-state index in [1.54, 1.807) is 0 Å². The monoisotopic (exact) mass is 779 g/mol. The highest BCUT2D eigenvalue weighted by molar-refractivity contribution is 5.70. The van der Waals surface area contributed by atoms with Crippen molar-refractivity contribution >= 4 is 11.9 Å². The molecule has 1 atom stereocenters. The molecule has 0 aromatic carbocycles. The molecule has 0 saturated heterocycles. The molecule has 0 aliphatic rings. The average Bonchev–Trinajstić information content (AvgIpc) is 3.20. The normalized spacial score (nSPS) is 13.0. The third-order valence-electron chi connectivity index (χ3n) is 9.42. The first-order chi connectivity index (χ1) is 27.6. The molecule has 0 saturated carbocycles. The summed E-state index contributed by atoms with van der Waals surface area (Å²) in [6.45, 7) is 7.53. The van der Waals surface area contributed by atoms with Gasteiger partial charge in [-0.25, -0.2) is 0 Å². The SMILES string of the molecule is CC/C=C\C/C=C\C/C=C\C/C=C\C/C=C\CCCCCCOCC(COC(=O)CCCCCCC/C=C\C/C=C\CCCCC)OC(=O)CCCCCCC. The molecule has 0 amide bonds. The first kappa shape index (κ1) is 53.1. The average molecular weight is 779 g/mol. The maximum absolute atomic E-state index is 12.5. The molecular weight excluding hydrogens is 693 g/mol. The highest BCUT2D eigenvalue weighted by Gasteiger charge is 2.17. The zero-order valence-electron chi connectivity index (χ0n) is 36.6. The number of allylic oxidation sites excluding steroid dienone is 14. The second-order valence-corrected chi connectivity index (χ2v) is 14.9. The van der Waals surface area contributed by atoms with Crippen molar-refractivity contribution in [1.29, 1.82) is 0 Å². The maximum Gasteiger partial charge on any atom is 0.306 e. The molecule has 0 aromatic rings. The summed E-state index contributed by atoms with van der Waals surface area (Å²) in [5.74, 6) is -0.446. The fourth-order valence-electron chi connectivity index (χ4n) is 5.98. The van der Waals surface area contributed by atoms with Crippen LogP contribution in [0.4, 0.5) is 0 Å². The molecule has 5 heteroatoms. The molecule has 0 fully saturated rings. The Labute approximate surface area is 346 Å². The Morgan fingerprint density at radius 3 is 1.32 bits per heavy atom. The van der Waals surface area contributed by atoms with Gasteiger partial charge >= 0.3 is 11.9 Å². The van der Waals surface area contributed by atoms with Gasteiger partial charge in [-0.3, -0.25) is 9.59 Å². The fourth-order valence-corrected chi connectivity index (χ4v) is 5.98. The summed E-state index contributed by atoms with van der Waals surface area (Å²) in [4.78, 5) is 25.0. The Morgan fingerprint density at radius 1 is 0.411 bits per heavy atom. The standard InChI is InChI=1S/C51H86O5/c1-4-7-10-13-15-17-19-21-23-24-25-26-27-29-31-33-35-37-40-43-46-54-47-49(56-51(53)45-42-38-12-9-6-3)48-55-50(52)44-41-39-36-34-32-30-28-22-20-18-16-14-11-8-5-2/h7,10,15-18,21-23,25-26,28-29,31,49H,4-6,8-9,11-14,19-20,24,27,30,32-48H2,1-3H3/b10-7-,17-15-,18-16-,23-21-,26-25-,28-22-,31-29-. The number of esters is 2. The van der Waals surface area contributed by atoms with Crippen molar-refractivity contribution in [2.24, 2.45) is 0 Å². The Balaban J connectivity index is 4.15. The number of ether oxygens (including phenoxy) is 3. The first-order valence-electron chi connectivity index (χ1n) is 23.1. The van der Waals surface area contributed by atoms with E-state index in [0.29, 0.717) is 19.4 Å². The van der Waals surface area contributed by atoms with Crippen LogP contribution in [0.3, 0.4) is 0 Å². The topological polar surface area (TPSA) is 61.8 Å². The zero-order valence-corrected chi connectivity index (χ0v) is 36.6. The van der Waals surface area contributed by atoms with E-state index in [1.165, 1.54) is 64.2 Å². The summed E-state index contributed by atoms with van der Waals surface area (Å²) < 4.78 is 17.2. The van der Waals surface area contributed by atoms with Crippen LogP contribution in [0.2, 0.25) is 0 Å². The molecule has 56 heavy (non-hydrogen) atoms. The lowest BCUT2D eigenvalue weighted by Gasteiger charge is -2.18. The molecule has 0 rings (SSSR count). The maximum atomic E-state index is 12.5. The van der Waals surface area contributed by atoms with Gasteiger partial charge < -0.3 is 14.2 Å². The summed E-state index contributed by atoms with van der Waals surface area (Å²) in [6.07, 6.45) is 60.4. The van der Waals surface area contributed by atoms with E-state index in [-0.39, 0.29) is 25.2 Å². The van der Waals surface area contributed by atoms with E-state index in [1.807, 2.05) is 0 Å². The van der Waals surface area contributed by atoms with Gasteiger partial charge in [-0.2, -0.15) is 0 Å². The molecule has 0 radical (unpaired) electrons. The van der Waals surface area contributed by atoms with Gasteiger partial charge in [0.05, 0.1) is 6.61 Å². The quantitative estimate of drug-likeness (QED) is 0.0351. The van der Waals surface area contributed by atoms with Crippen molar-refractivity contribution < 1.29 is 23.8 Å². The third kappa shape index (κ3) is 43.8. The van der Waals surface area contributed by atoms with Gasteiger partial charge in [0.1, 0.15) is 6.61 Å². The minimum atomic E-state index is -0.554. The van der Waals surface area contributed by atoms with Crippen LogP contribution >= 0.6 is 0 Å². The lowest BCUT2D eigenvalue weighted by atomic mass is 10.1. The lowest BCUT2D eigenvalue weighted by molar-refractivity contribution is -0.163. The Hall–Kier alpha value is -2.92. The van der Waals surface area contributed by atoms with Crippen LogP contribution in [0, 0.1) is 0 Å². The largest absolute Gasteiger partial charge is 0.462 e. The van der Waals surface area contributed by atoms with Gasteiger partial charge in [-0.15, -0.1) is 0 Å². The summed E-state index contributed by atoms with van der Waals surface area (Å²) in [7, 11) is 0. The van der Waals surface area contributed by atoms with Crippen molar-refractivity contribution in [3.8, 4) is 0 Å². The van der Waals surface area contributed by atoms with Crippen LogP contribution in [0.1, 0.15) is 201 Å². The Morgan fingerprint density at radius 2 is 0.804 bits per heavy atom. The molecule has 1 unspecified atom stereocenters. The fraction of sp³-hybridized carbons (Fsp3) is 0.686. The van der Waals surface area contributed by atoms with Crippen LogP contribution in [0.25, 0.3) is 0 Å². The number of unbranched alkanes of at least 4 members (excludes halogenated alkanes) is 16. The predicted octanol–water partition coefficient (Wildman–Crippen LogP) is 15.3. The lowest BCUT2D eigenvalue weighted by Crippen LogP contribution is -2.30. The second-order valence-electron chi connectivity index (χ2n) is 14.9. The molecule has 0 bridgehead atoms. The van der Waals surface area contributed by atoms with Crippen molar-refractivity contribution in [1.82, 2.24) is 0 Å². The summed E-state index contributed by atoms with van der Waals surface area (Å²) in [5.41, 5.74) is 0. The van der Waals surface area contributed by atoms with Gasteiger partial charge in [-0.05, 0) is 96.3 Å². The van der Waals surface area contributed by atoms with Gasteiger partial charge in [0, 0.05) is 19.4 Å². The first-order valence-corrected chi connectivity index (χ1v) is 23.1. The van der Waals surface area contributed by atoms with E-state index >= 15 is 0 Å². The molecule has 0 aromatic heterocycles. The molecular formula is C51H86O5. The van der Waals surface area contributed by atoms with Crippen LogP contribution in [-0.2, 0) is 23.8 Å². The van der Waals surface area contributed by atoms with Crippen molar-refractivity contribution in [3.05, 3.63) is 85.1 Å². The van der Waals surface area contributed by atoms with Gasteiger partial charge in [-0.1, -0.05) is 176 Å². The van der Waals surface area contributed by atoms with E-state index in [4.69, 9.17) is 14.2 Å². The highest BCUT2D eigenvalue weighted by Crippen LogP contribution is 2.11. The Kier molecular flexibility index (Phi) is 44.0. The van der Waals surface area contributed by atoms with E-state index < -0.39 is 6.10 Å². The molecule has 0 aliphatic carbocycles. The number of carbonyl (C=O) groups is 2. The number of rotatable bonds is 41. The number of hydrogen-bond donors (Lipinski definition) is 0. The van der Waals surface area contributed by atoms with E-state index in [2.05, 4.69) is 106 Å². The van der Waals surface area contributed by atoms with Gasteiger partial charge in [0.15, 0.2) is 6.10 Å². The summed E-state index contributed by atoms with van der Waals surface area (Å²) in [6, 6.07) is 0. The van der Waals surface area contributed by atoms with Crippen LogP contribution < -0.4 is 0 Å². The van der Waals surface area contributed by atoms with Crippen molar-refractivity contribution in [2.45, 2.75) is 207 Å². The van der Waals surface area contributed by atoms with Gasteiger partial charge in [0.25, 0.3) is 0 Å². The minimum Gasteiger partial charge on any atom is -0.462 e. The van der Waals surface area contributed by atoms with E-state index in [9.17, 15) is 9.59 Å². The molecule has 0 heterocycles. The Bertz CT molecular complexity index is 1060.